The van der Waals surface area contributed by atoms with Gasteiger partial charge in [-0.2, -0.15) is 0 Å². The number of benzene rings is 1. The SMILES string of the molecule is C[C@@H]1CN(C(=O)c2ccc(Cl)c3cccnc23)C[C@H]1C(=O)O. The molecule has 0 spiro atoms. The zero-order valence-corrected chi connectivity index (χ0v) is 12.7. The van der Waals surface area contributed by atoms with Gasteiger partial charge >= 0.3 is 5.97 Å². The first-order valence-corrected chi connectivity index (χ1v) is 7.42. The lowest BCUT2D eigenvalue weighted by Crippen LogP contribution is -2.30. The largest absolute Gasteiger partial charge is 0.481 e. The van der Waals surface area contributed by atoms with Crippen LogP contribution in [0.25, 0.3) is 10.9 Å². The number of aliphatic carboxylic acids is 1. The van der Waals surface area contributed by atoms with Crippen LogP contribution in [0.2, 0.25) is 5.02 Å². The summed E-state index contributed by atoms with van der Waals surface area (Å²) in [5.41, 5.74) is 1.00. The first kappa shape index (κ1) is 14.8. The molecule has 0 radical (unpaired) electrons. The van der Waals surface area contributed by atoms with Crippen molar-refractivity contribution in [1.29, 1.82) is 0 Å². The standard InChI is InChI=1S/C16H15ClN2O3/c1-9-7-19(8-12(9)16(21)22)15(20)11-4-5-13(17)10-3-2-6-18-14(10)11/h2-6,9,12H,7-8H2,1H3,(H,21,22)/t9-,12-/m1/s1. The molecule has 0 bridgehead atoms. The summed E-state index contributed by atoms with van der Waals surface area (Å²) in [6.07, 6.45) is 1.61. The second kappa shape index (κ2) is 5.57. The summed E-state index contributed by atoms with van der Waals surface area (Å²) >= 11 is 6.14. The minimum absolute atomic E-state index is 0.0621. The van der Waals surface area contributed by atoms with Crippen molar-refractivity contribution >= 4 is 34.4 Å². The molecule has 114 valence electrons. The van der Waals surface area contributed by atoms with Crippen LogP contribution in [0.5, 0.6) is 0 Å². The van der Waals surface area contributed by atoms with Crippen LogP contribution < -0.4 is 0 Å². The molecule has 1 saturated heterocycles. The molecule has 5 nitrogen and oxygen atoms in total. The summed E-state index contributed by atoms with van der Waals surface area (Å²) in [4.78, 5) is 29.8. The summed E-state index contributed by atoms with van der Waals surface area (Å²) < 4.78 is 0. The fourth-order valence-electron chi connectivity index (χ4n) is 2.93. The number of carbonyl (C=O) groups excluding carboxylic acids is 1. The Morgan fingerprint density at radius 1 is 1.32 bits per heavy atom. The maximum Gasteiger partial charge on any atom is 0.308 e. The number of amides is 1. The van der Waals surface area contributed by atoms with Gasteiger partial charge in [0.1, 0.15) is 0 Å². The number of hydrogen-bond acceptors (Lipinski definition) is 3. The average Bonchev–Trinajstić information content (AvgIpc) is 2.89. The maximum atomic E-state index is 12.7. The Balaban J connectivity index is 1.97. The smallest absolute Gasteiger partial charge is 0.308 e. The molecular weight excluding hydrogens is 304 g/mol. The van der Waals surface area contributed by atoms with Crippen LogP contribution in [-0.2, 0) is 4.79 Å². The predicted octanol–water partition coefficient (Wildman–Crippen LogP) is 2.68. The van der Waals surface area contributed by atoms with Crippen molar-refractivity contribution in [3.8, 4) is 0 Å². The van der Waals surface area contributed by atoms with Crippen molar-refractivity contribution in [3.05, 3.63) is 41.0 Å². The van der Waals surface area contributed by atoms with E-state index >= 15 is 0 Å². The van der Waals surface area contributed by atoms with Crippen molar-refractivity contribution in [2.45, 2.75) is 6.92 Å². The molecule has 22 heavy (non-hydrogen) atoms. The first-order valence-electron chi connectivity index (χ1n) is 7.04. The molecular formula is C16H15ClN2O3. The monoisotopic (exact) mass is 318 g/mol. The highest BCUT2D eigenvalue weighted by Crippen LogP contribution is 2.29. The van der Waals surface area contributed by atoms with E-state index in [2.05, 4.69) is 4.98 Å². The van der Waals surface area contributed by atoms with Gasteiger partial charge in [0.15, 0.2) is 0 Å². The van der Waals surface area contributed by atoms with Gasteiger partial charge in [0.25, 0.3) is 5.91 Å². The molecule has 3 rings (SSSR count). The number of pyridine rings is 1. The van der Waals surface area contributed by atoms with E-state index in [1.165, 1.54) is 0 Å². The van der Waals surface area contributed by atoms with Crippen LogP contribution in [0, 0.1) is 11.8 Å². The molecule has 0 saturated carbocycles. The minimum atomic E-state index is -0.859. The van der Waals surface area contributed by atoms with Gasteiger partial charge in [-0.05, 0) is 30.2 Å². The number of carboxylic acids is 1. The lowest BCUT2D eigenvalue weighted by atomic mass is 9.99. The van der Waals surface area contributed by atoms with Gasteiger partial charge < -0.3 is 10.0 Å². The fraction of sp³-hybridized carbons (Fsp3) is 0.312. The third-order valence-corrected chi connectivity index (χ3v) is 4.49. The third-order valence-electron chi connectivity index (χ3n) is 4.16. The Kier molecular flexibility index (Phi) is 3.74. The molecule has 1 N–H and O–H groups in total. The van der Waals surface area contributed by atoms with E-state index in [1.807, 2.05) is 13.0 Å². The van der Waals surface area contributed by atoms with Gasteiger partial charge in [0.05, 0.1) is 22.0 Å². The van der Waals surface area contributed by atoms with Crippen molar-refractivity contribution in [1.82, 2.24) is 9.88 Å². The number of hydrogen-bond donors (Lipinski definition) is 1. The Morgan fingerprint density at radius 2 is 2.09 bits per heavy atom. The molecule has 1 fully saturated rings. The molecule has 1 aromatic carbocycles. The van der Waals surface area contributed by atoms with Crippen LogP contribution in [0.1, 0.15) is 17.3 Å². The summed E-state index contributed by atoms with van der Waals surface area (Å²) in [6.45, 7) is 2.52. The van der Waals surface area contributed by atoms with E-state index in [1.54, 1.807) is 29.3 Å². The molecule has 0 aliphatic carbocycles. The second-order valence-corrected chi connectivity index (χ2v) is 6.03. The lowest BCUT2D eigenvalue weighted by molar-refractivity contribution is -0.142. The number of carbonyl (C=O) groups is 2. The summed E-state index contributed by atoms with van der Waals surface area (Å²) in [5, 5.41) is 10.5. The third kappa shape index (κ3) is 2.41. The molecule has 1 aliphatic heterocycles. The Labute approximate surface area is 132 Å². The van der Waals surface area contributed by atoms with Gasteiger partial charge in [-0.1, -0.05) is 18.5 Å². The Morgan fingerprint density at radius 3 is 2.77 bits per heavy atom. The van der Waals surface area contributed by atoms with Gasteiger partial charge in [0, 0.05) is 24.7 Å². The van der Waals surface area contributed by atoms with Crippen molar-refractivity contribution in [2.75, 3.05) is 13.1 Å². The molecule has 0 unspecified atom stereocenters. The minimum Gasteiger partial charge on any atom is -0.481 e. The van der Waals surface area contributed by atoms with Crippen LogP contribution >= 0.6 is 11.6 Å². The molecule has 1 aliphatic rings. The van der Waals surface area contributed by atoms with Crippen LogP contribution in [-0.4, -0.2) is 40.0 Å². The van der Waals surface area contributed by atoms with Gasteiger partial charge in [-0.25, -0.2) is 0 Å². The number of halogens is 1. The summed E-state index contributed by atoms with van der Waals surface area (Å²) in [6, 6.07) is 6.90. The zero-order valence-electron chi connectivity index (χ0n) is 12.0. The van der Waals surface area contributed by atoms with Gasteiger partial charge in [0.2, 0.25) is 0 Å². The number of nitrogens with zero attached hydrogens (tertiary/aromatic N) is 2. The van der Waals surface area contributed by atoms with E-state index in [-0.39, 0.29) is 18.4 Å². The molecule has 6 heteroatoms. The van der Waals surface area contributed by atoms with E-state index in [4.69, 9.17) is 11.6 Å². The molecule has 2 heterocycles. The average molecular weight is 319 g/mol. The number of carboxylic acid groups (broad SMARTS) is 1. The number of aromatic nitrogens is 1. The first-order chi connectivity index (χ1) is 10.5. The quantitative estimate of drug-likeness (QED) is 0.924. The van der Waals surface area contributed by atoms with E-state index in [0.717, 1.165) is 5.39 Å². The van der Waals surface area contributed by atoms with Crippen molar-refractivity contribution in [3.63, 3.8) is 0 Å². The number of fused-ring (bicyclic) bond motifs is 1. The fourth-order valence-corrected chi connectivity index (χ4v) is 3.15. The van der Waals surface area contributed by atoms with E-state index in [0.29, 0.717) is 22.6 Å². The van der Waals surface area contributed by atoms with Gasteiger partial charge in [-0.15, -0.1) is 0 Å². The van der Waals surface area contributed by atoms with Crippen molar-refractivity contribution in [2.24, 2.45) is 11.8 Å². The zero-order chi connectivity index (χ0) is 15.9. The molecule has 1 aromatic heterocycles. The lowest BCUT2D eigenvalue weighted by Gasteiger charge is -2.17. The molecule has 1 amide bonds. The van der Waals surface area contributed by atoms with Gasteiger partial charge in [-0.3, -0.25) is 14.6 Å². The Bertz CT molecular complexity index is 762. The maximum absolute atomic E-state index is 12.7. The number of rotatable bonds is 2. The molecule has 2 atom stereocenters. The topological polar surface area (TPSA) is 70.5 Å². The Hall–Kier alpha value is -2.14. The highest BCUT2D eigenvalue weighted by atomic mass is 35.5. The predicted molar refractivity (Wildman–Crippen MR) is 82.9 cm³/mol. The van der Waals surface area contributed by atoms with E-state index in [9.17, 15) is 14.7 Å². The van der Waals surface area contributed by atoms with E-state index < -0.39 is 11.9 Å². The van der Waals surface area contributed by atoms with Crippen LogP contribution in [0.15, 0.2) is 30.5 Å². The highest BCUT2D eigenvalue weighted by Gasteiger charge is 2.37. The second-order valence-electron chi connectivity index (χ2n) is 5.63. The van der Waals surface area contributed by atoms with Crippen molar-refractivity contribution < 1.29 is 14.7 Å². The normalized spacial score (nSPS) is 21.3. The summed E-state index contributed by atoms with van der Waals surface area (Å²) in [5.74, 6) is -1.64. The number of likely N-dealkylation sites (tertiary alicyclic amines) is 1. The van der Waals surface area contributed by atoms with Crippen LogP contribution in [0.3, 0.4) is 0 Å². The van der Waals surface area contributed by atoms with Crippen LogP contribution in [0.4, 0.5) is 0 Å². The molecule has 2 aromatic rings. The highest BCUT2D eigenvalue weighted by molar-refractivity contribution is 6.36. The summed E-state index contributed by atoms with van der Waals surface area (Å²) in [7, 11) is 0.